The standard InChI is InChI=1S/C85H138O17P2/c1-5-9-13-17-21-25-29-33-37-38-39-40-44-46-50-54-58-62-66-70-83(88)96-76-81(102-85(90)72-68-64-60-56-52-48-43-36-32-28-24-20-16-12-8-4)78-100-104(93,94)98-74-79(86)73-97-103(91,92)99-77-80(101-84(89)71-67-63-59-55-51-47-42-35-31-27-23-19-15-11-7-3)75-95-82(87)69-65-61-57-53-49-45-41-34-30-26-22-18-14-10-6-2/h10-12,14-16,21-28,33-37,39-43,49,51,53,55,79-81,86H,5-9,13,17-20,29-32,38,44-48,50,52,54,56-78H2,1-4H3,(H,91,92)(H,93,94)/b14-10-,15-11-,16-12-,25-21-,26-22-,27-23-,28-24-,37-33-,40-39-,41-34-,42-35-,43-36-,53-49-,55-51-. The van der Waals surface area contributed by atoms with Gasteiger partial charge in [-0.05, 0) is 173 Å². The highest BCUT2D eigenvalue weighted by molar-refractivity contribution is 7.47. The number of rotatable bonds is 72. The molecule has 0 rings (SSSR count). The summed E-state index contributed by atoms with van der Waals surface area (Å²) in [5, 5.41) is 10.6. The third-order valence-electron chi connectivity index (χ3n) is 15.7. The molecule has 590 valence electrons. The van der Waals surface area contributed by atoms with E-state index in [1.165, 1.54) is 19.3 Å². The van der Waals surface area contributed by atoms with E-state index < -0.39 is 97.5 Å². The first kappa shape index (κ1) is 98.4. The van der Waals surface area contributed by atoms with E-state index in [2.05, 4.69) is 198 Å². The number of allylic oxidation sites excluding steroid dienone is 28. The molecule has 0 radical (unpaired) electrons. The van der Waals surface area contributed by atoms with E-state index in [9.17, 15) is 43.2 Å². The molecular formula is C85H138O17P2. The van der Waals surface area contributed by atoms with Crippen molar-refractivity contribution in [2.24, 2.45) is 0 Å². The van der Waals surface area contributed by atoms with Crippen molar-refractivity contribution in [1.29, 1.82) is 0 Å². The topological polar surface area (TPSA) is 237 Å². The van der Waals surface area contributed by atoms with Gasteiger partial charge in [0.2, 0.25) is 0 Å². The summed E-state index contributed by atoms with van der Waals surface area (Å²) in [6.45, 7) is 4.35. The van der Waals surface area contributed by atoms with E-state index in [0.29, 0.717) is 32.1 Å². The first-order valence-electron chi connectivity index (χ1n) is 39.4. The Morgan fingerprint density at radius 1 is 0.279 bits per heavy atom. The van der Waals surface area contributed by atoms with Crippen molar-refractivity contribution >= 4 is 39.5 Å². The first-order valence-corrected chi connectivity index (χ1v) is 42.4. The molecule has 0 spiro atoms. The van der Waals surface area contributed by atoms with Gasteiger partial charge in [0.25, 0.3) is 0 Å². The molecule has 0 heterocycles. The lowest BCUT2D eigenvalue weighted by molar-refractivity contribution is -0.161. The number of carbonyl (C=O) groups excluding carboxylic acids is 4. The van der Waals surface area contributed by atoms with Crippen LogP contribution in [0.5, 0.6) is 0 Å². The number of phosphoric ester groups is 2. The molecule has 0 aliphatic heterocycles. The van der Waals surface area contributed by atoms with E-state index >= 15 is 0 Å². The number of hydrogen-bond acceptors (Lipinski definition) is 15. The van der Waals surface area contributed by atoms with Gasteiger partial charge in [0.1, 0.15) is 19.3 Å². The molecule has 0 bridgehead atoms. The fourth-order valence-electron chi connectivity index (χ4n) is 9.75. The molecule has 3 N–H and O–H groups in total. The Hall–Kier alpha value is -5.58. The lowest BCUT2D eigenvalue weighted by Crippen LogP contribution is -2.30. The number of hydrogen-bond donors (Lipinski definition) is 3. The minimum Gasteiger partial charge on any atom is -0.462 e. The summed E-state index contributed by atoms with van der Waals surface area (Å²) in [7, 11) is -10.0. The third kappa shape index (κ3) is 74.7. The summed E-state index contributed by atoms with van der Waals surface area (Å²) < 4.78 is 68.5. The average Bonchev–Trinajstić information content (AvgIpc) is 0.912. The predicted molar refractivity (Wildman–Crippen MR) is 426 cm³/mol. The van der Waals surface area contributed by atoms with Gasteiger partial charge in [0.05, 0.1) is 26.4 Å². The number of unbranched alkanes of at least 4 members (excludes halogenated alkanes) is 18. The largest absolute Gasteiger partial charge is 0.472 e. The predicted octanol–water partition coefficient (Wildman–Crippen LogP) is 23.0. The van der Waals surface area contributed by atoms with E-state index in [1.807, 2.05) is 0 Å². The molecule has 0 fully saturated rings. The van der Waals surface area contributed by atoms with Crippen LogP contribution in [0.3, 0.4) is 0 Å². The summed E-state index contributed by atoms with van der Waals surface area (Å²) in [5.74, 6) is -2.32. The Morgan fingerprint density at radius 3 is 0.788 bits per heavy atom. The smallest absolute Gasteiger partial charge is 0.462 e. The zero-order valence-corrected chi connectivity index (χ0v) is 66.2. The molecule has 0 aromatic rings. The van der Waals surface area contributed by atoms with Gasteiger partial charge in [0.15, 0.2) is 12.2 Å². The minimum absolute atomic E-state index is 0.0268. The molecule has 0 saturated heterocycles. The quantitative estimate of drug-likeness (QED) is 0.0169. The van der Waals surface area contributed by atoms with Crippen molar-refractivity contribution < 1.29 is 80.2 Å². The van der Waals surface area contributed by atoms with Crippen molar-refractivity contribution in [3.05, 3.63) is 170 Å². The molecule has 0 aromatic carbocycles. The molecule has 0 saturated carbocycles. The van der Waals surface area contributed by atoms with Crippen LogP contribution in [0.1, 0.15) is 285 Å². The van der Waals surface area contributed by atoms with E-state index in [1.54, 1.807) is 0 Å². The average molecular weight is 1490 g/mol. The summed E-state index contributed by atoms with van der Waals surface area (Å²) >= 11 is 0. The molecule has 0 aliphatic rings. The van der Waals surface area contributed by atoms with Gasteiger partial charge in [0, 0.05) is 25.7 Å². The lowest BCUT2D eigenvalue weighted by atomic mass is 10.1. The van der Waals surface area contributed by atoms with Crippen molar-refractivity contribution in [2.45, 2.75) is 303 Å². The van der Waals surface area contributed by atoms with Gasteiger partial charge in [-0.25, -0.2) is 9.13 Å². The number of aliphatic hydroxyl groups excluding tert-OH is 1. The maximum atomic E-state index is 13.1. The molecule has 5 unspecified atom stereocenters. The Kier molecular flexibility index (Phi) is 71.6. The molecule has 0 aromatic heterocycles. The van der Waals surface area contributed by atoms with Gasteiger partial charge in [-0.3, -0.25) is 37.3 Å². The van der Waals surface area contributed by atoms with Crippen LogP contribution >= 0.6 is 15.6 Å². The third-order valence-corrected chi connectivity index (χ3v) is 17.6. The minimum atomic E-state index is -5.01. The van der Waals surface area contributed by atoms with Crippen molar-refractivity contribution in [1.82, 2.24) is 0 Å². The van der Waals surface area contributed by atoms with Crippen molar-refractivity contribution in [3.63, 3.8) is 0 Å². The summed E-state index contributed by atoms with van der Waals surface area (Å²) in [5.41, 5.74) is 0. The second kappa shape index (κ2) is 75.6. The highest BCUT2D eigenvalue weighted by atomic mass is 31.2. The van der Waals surface area contributed by atoms with Crippen LogP contribution < -0.4 is 0 Å². The van der Waals surface area contributed by atoms with Crippen molar-refractivity contribution in [3.8, 4) is 0 Å². The van der Waals surface area contributed by atoms with Gasteiger partial charge in [-0.1, -0.05) is 256 Å². The summed E-state index contributed by atoms with van der Waals surface area (Å²) in [6, 6.07) is 0. The molecule has 0 amide bonds. The van der Waals surface area contributed by atoms with Crippen LogP contribution in [-0.2, 0) is 65.4 Å². The number of carbonyl (C=O) groups is 4. The van der Waals surface area contributed by atoms with Gasteiger partial charge < -0.3 is 33.8 Å². The number of phosphoric acid groups is 2. The van der Waals surface area contributed by atoms with Crippen LogP contribution in [0, 0.1) is 0 Å². The number of aliphatic hydroxyl groups is 1. The molecule has 19 heteroatoms. The van der Waals surface area contributed by atoms with Crippen molar-refractivity contribution in [2.75, 3.05) is 39.6 Å². The van der Waals surface area contributed by atoms with Crippen LogP contribution in [-0.4, -0.2) is 96.7 Å². The van der Waals surface area contributed by atoms with Gasteiger partial charge in [-0.2, -0.15) is 0 Å². The van der Waals surface area contributed by atoms with Crippen LogP contribution in [0.4, 0.5) is 0 Å². The number of ether oxygens (including phenoxy) is 4. The van der Waals surface area contributed by atoms with Crippen LogP contribution in [0.25, 0.3) is 0 Å². The number of esters is 4. The molecule has 17 nitrogen and oxygen atoms in total. The Labute approximate surface area is 629 Å². The maximum absolute atomic E-state index is 13.1. The van der Waals surface area contributed by atoms with Crippen LogP contribution in [0.2, 0.25) is 0 Å². The van der Waals surface area contributed by atoms with Crippen LogP contribution in [0.15, 0.2) is 170 Å². The van der Waals surface area contributed by atoms with Gasteiger partial charge >= 0.3 is 39.5 Å². The maximum Gasteiger partial charge on any atom is 0.472 e. The zero-order chi connectivity index (χ0) is 76.0. The molecule has 0 aliphatic carbocycles. The van der Waals surface area contributed by atoms with E-state index in [4.69, 9.17) is 37.0 Å². The Balaban J connectivity index is 5.46. The van der Waals surface area contributed by atoms with Gasteiger partial charge in [-0.15, -0.1) is 0 Å². The molecule has 104 heavy (non-hydrogen) atoms. The highest BCUT2D eigenvalue weighted by Gasteiger charge is 2.30. The van der Waals surface area contributed by atoms with E-state index in [-0.39, 0.29) is 25.7 Å². The monoisotopic (exact) mass is 1490 g/mol. The normalized spacial score (nSPS) is 14.8. The van der Waals surface area contributed by atoms with E-state index in [0.717, 1.165) is 180 Å². The molecule has 5 atom stereocenters. The summed E-state index contributed by atoms with van der Waals surface area (Å²) in [4.78, 5) is 73.0. The first-order chi connectivity index (χ1) is 50.7. The molecular weight excluding hydrogens is 1350 g/mol. The Bertz CT molecular complexity index is 2640. The lowest BCUT2D eigenvalue weighted by Gasteiger charge is -2.21. The SMILES string of the molecule is CC/C=C\C/C=C\C/C=C\C/C=C\CCCCC(=O)OCC(COP(=O)(O)OCC(O)COP(=O)(O)OCC(COC(=O)CCCCCCCC/C=C\C/C=C\C/C=C\CCCCC)OC(=O)CCCCCCC/C=C\C/C=C\C/C=C\CC)OC(=O)CCCC/C=C\C/C=C\C/C=C\C/C=C\CC. The highest BCUT2D eigenvalue weighted by Crippen LogP contribution is 2.45. The fourth-order valence-corrected chi connectivity index (χ4v) is 11.3. The second-order valence-corrected chi connectivity index (χ2v) is 28.4. The summed E-state index contributed by atoms with van der Waals surface area (Å²) in [6.07, 6.45) is 89.1. The zero-order valence-electron chi connectivity index (χ0n) is 64.4. The second-order valence-electron chi connectivity index (χ2n) is 25.5. The fraction of sp³-hybridized carbons (Fsp3) is 0.624. The Morgan fingerprint density at radius 2 is 0.500 bits per heavy atom.